The standard InChI is InChI=1S/C15H13BrClF/c16-10-13(11-4-2-1-3-5-11)8-12-6-7-14(18)9-15(12)17/h1-7,9,13H,8,10H2. The first-order valence-corrected chi connectivity index (χ1v) is 7.25. The maximum Gasteiger partial charge on any atom is 0.124 e. The van der Waals surface area contributed by atoms with Gasteiger partial charge in [-0.05, 0) is 35.6 Å². The lowest BCUT2D eigenvalue weighted by Crippen LogP contribution is -2.05. The number of rotatable bonds is 4. The molecular weight excluding hydrogens is 315 g/mol. The summed E-state index contributed by atoms with van der Waals surface area (Å²) in [6.45, 7) is 0. The van der Waals surface area contributed by atoms with E-state index in [0.29, 0.717) is 10.9 Å². The monoisotopic (exact) mass is 326 g/mol. The highest BCUT2D eigenvalue weighted by Crippen LogP contribution is 2.27. The Labute approximate surface area is 120 Å². The van der Waals surface area contributed by atoms with Crippen LogP contribution in [0.4, 0.5) is 4.39 Å². The Kier molecular flexibility index (Phi) is 4.79. The van der Waals surface area contributed by atoms with Gasteiger partial charge in [0.1, 0.15) is 5.82 Å². The molecule has 0 aliphatic rings. The first kappa shape index (κ1) is 13.6. The molecule has 0 saturated carbocycles. The molecule has 0 nitrogen and oxygen atoms in total. The Hall–Kier alpha value is -0.860. The van der Waals surface area contributed by atoms with Gasteiger partial charge in [-0.1, -0.05) is 63.9 Å². The Bertz CT molecular complexity index is 513. The summed E-state index contributed by atoms with van der Waals surface area (Å²) in [5.41, 5.74) is 2.24. The second-order valence-corrected chi connectivity index (χ2v) is 5.26. The molecule has 1 unspecified atom stereocenters. The van der Waals surface area contributed by atoms with Crippen LogP contribution < -0.4 is 0 Å². The molecule has 0 heterocycles. The van der Waals surface area contributed by atoms with Crippen LogP contribution in [0.3, 0.4) is 0 Å². The summed E-state index contributed by atoms with van der Waals surface area (Å²) >= 11 is 9.59. The molecule has 2 aromatic rings. The van der Waals surface area contributed by atoms with Gasteiger partial charge in [-0.2, -0.15) is 0 Å². The van der Waals surface area contributed by atoms with E-state index in [1.54, 1.807) is 6.07 Å². The van der Waals surface area contributed by atoms with Gasteiger partial charge in [-0.25, -0.2) is 4.39 Å². The van der Waals surface area contributed by atoms with E-state index in [9.17, 15) is 4.39 Å². The number of alkyl halides is 1. The van der Waals surface area contributed by atoms with Gasteiger partial charge in [0.2, 0.25) is 0 Å². The fourth-order valence-corrected chi connectivity index (χ4v) is 2.79. The average Bonchev–Trinajstić information content (AvgIpc) is 2.39. The van der Waals surface area contributed by atoms with E-state index in [1.165, 1.54) is 17.7 Å². The van der Waals surface area contributed by atoms with Crippen LogP contribution in [0.25, 0.3) is 0 Å². The molecule has 94 valence electrons. The van der Waals surface area contributed by atoms with Crippen molar-refractivity contribution in [3.05, 3.63) is 70.5 Å². The van der Waals surface area contributed by atoms with Crippen molar-refractivity contribution in [2.45, 2.75) is 12.3 Å². The van der Waals surface area contributed by atoms with Crippen LogP contribution in [0.2, 0.25) is 5.02 Å². The summed E-state index contributed by atoms with van der Waals surface area (Å²) in [5.74, 6) is 0.0491. The summed E-state index contributed by atoms with van der Waals surface area (Å²) in [6.07, 6.45) is 0.800. The molecule has 1 atom stereocenters. The smallest absolute Gasteiger partial charge is 0.124 e. The molecule has 0 saturated heterocycles. The Balaban J connectivity index is 2.21. The largest absolute Gasteiger partial charge is 0.207 e. The van der Waals surface area contributed by atoms with Crippen molar-refractivity contribution in [1.82, 2.24) is 0 Å². The minimum Gasteiger partial charge on any atom is -0.207 e. The zero-order valence-electron chi connectivity index (χ0n) is 9.74. The number of halogens is 3. The second-order valence-electron chi connectivity index (χ2n) is 4.20. The van der Waals surface area contributed by atoms with Gasteiger partial charge < -0.3 is 0 Å². The highest BCUT2D eigenvalue weighted by Gasteiger charge is 2.13. The van der Waals surface area contributed by atoms with E-state index >= 15 is 0 Å². The molecule has 0 bridgehead atoms. The van der Waals surface area contributed by atoms with E-state index in [4.69, 9.17) is 11.6 Å². The first-order valence-electron chi connectivity index (χ1n) is 5.75. The first-order chi connectivity index (χ1) is 8.70. The van der Waals surface area contributed by atoms with Crippen molar-refractivity contribution in [2.75, 3.05) is 5.33 Å². The molecule has 0 aliphatic heterocycles. The zero-order chi connectivity index (χ0) is 13.0. The van der Waals surface area contributed by atoms with Crippen LogP contribution in [0.15, 0.2) is 48.5 Å². The van der Waals surface area contributed by atoms with Crippen LogP contribution in [0, 0.1) is 5.82 Å². The minimum atomic E-state index is -0.293. The van der Waals surface area contributed by atoms with E-state index in [-0.39, 0.29) is 5.82 Å². The third-order valence-corrected chi connectivity index (χ3v) is 4.07. The van der Waals surface area contributed by atoms with Gasteiger partial charge in [-0.3, -0.25) is 0 Å². The topological polar surface area (TPSA) is 0 Å². The van der Waals surface area contributed by atoms with Crippen molar-refractivity contribution in [1.29, 1.82) is 0 Å². The van der Waals surface area contributed by atoms with Crippen molar-refractivity contribution < 1.29 is 4.39 Å². The molecule has 0 radical (unpaired) electrons. The number of hydrogen-bond acceptors (Lipinski definition) is 0. The predicted molar refractivity (Wildman–Crippen MR) is 78.1 cm³/mol. The van der Waals surface area contributed by atoms with Crippen LogP contribution in [0.1, 0.15) is 17.0 Å². The third-order valence-electron chi connectivity index (χ3n) is 2.94. The van der Waals surface area contributed by atoms with Gasteiger partial charge in [0, 0.05) is 10.4 Å². The molecular formula is C15H13BrClF. The predicted octanol–water partition coefficient (Wildman–Crippen LogP) is 5.20. The SMILES string of the molecule is Fc1ccc(CC(CBr)c2ccccc2)c(Cl)c1. The summed E-state index contributed by atoms with van der Waals surface area (Å²) in [5, 5.41) is 1.35. The van der Waals surface area contributed by atoms with Crippen LogP contribution in [0.5, 0.6) is 0 Å². The molecule has 0 N–H and O–H groups in total. The number of benzene rings is 2. The fourth-order valence-electron chi connectivity index (χ4n) is 1.94. The van der Waals surface area contributed by atoms with Gasteiger partial charge in [-0.15, -0.1) is 0 Å². The summed E-state index contributed by atoms with van der Waals surface area (Å²) in [7, 11) is 0. The summed E-state index contributed by atoms with van der Waals surface area (Å²) in [4.78, 5) is 0. The fraction of sp³-hybridized carbons (Fsp3) is 0.200. The molecule has 18 heavy (non-hydrogen) atoms. The molecule has 2 aromatic carbocycles. The maximum atomic E-state index is 13.0. The minimum absolute atomic E-state index is 0.293. The molecule has 2 rings (SSSR count). The lowest BCUT2D eigenvalue weighted by atomic mass is 9.94. The number of hydrogen-bond donors (Lipinski definition) is 0. The summed E-state index contributed by atoms with van der Waals surface area (Å²) in [6, 6.07) is 14.8. The highest BCUT2D eigenvalue weighted by atomic mass is 79.9. The second kappa shape index (κ2) is 6.35. The molecule has 0 aromatic heterocycles. The van der Waals surface area contributed by atoms with Gasteiger partial charge in [0.05, 0.1) is 0 Å². The maximum absolute atomic E-state index is 13.0. The normalized spacial score (nSPS) is 12.4. The molecule has 0 aliphatic carbocycles. The molecule has 3 heteroatoms. The molecule has 0 spiro atoms. The van der Waals surface area contributed by atoms with Crippen molar-refractivity contribution in [2.24, 2.45) is 0 Å². The highest BCUT2D eigenvalue weighted by molar-refractivity contribution is 9.09. The quantitative estimate of drug-likeness (QED) is 0.677. The van der Waals surface area contributed by atoms with E-state index in [2.05, 4.69) is 28.1 Å². The van der Waals surface area contributed by atoms with Crippen LogP contribution >= 0.6 is 27.5 Å². The Morgan fingerprint density at radius 1 is 1.11 bits per heavy atom. The third kappa shape index (κ3) is 3.33. The molecule has 0 fully saturated rings. The van der Waals surface area contributed by atoms with Crippen molar-refractivity contribution >= 4 is 27.5 Å². The lowest BCUT2D eigenvalue weighted by molar-refractivity contribution is 0.626. The Morgan fingerprint density at radius 3 is 2.44 bits per heavy atom. The van der Waals surface area contributed by atoms with Crippen molar-refractivity contribution in [3.8, 4) is 0 Å². The van der Waals surface area contributed by atoms with Gasteiger partial charge in [0.25, 0.3) is 0 Å². The lowest BCUT2D eigenvalue weighted by Gasteiger charge is -2.15. The molecule has 0 amide bonds. The van der Waals surface area contributed by atoms with Crippen LogP contribution in [-0.2, 0) is 6.42 Å². The summed E-state index contributed by atoms with van der Waals surface area (Å²) < 4.78 is 13.0. The van der Waals surface area contributed by atoms with Crippen LogP contribution in [-0.4, -0.2) is 5.33 Å². The Morgan fingerprint density at radius 2 is 1.83 bits per heavy atom. The van der Waals surface area contributed by atoms with E-state index in [0.717, 1.165) is 17.3 Å². The zero-order valence-corrected chi connectivity index (χ0v) is 12.1. The average molecular weight is 328 g/mol. The van der Waals surface area contributed by atoms with Crippen molar-refractivity contribution in [3.63, 3.8) is 0 Å². The van der Waals surface area contributed by atoms with Gasteiger partial charge >= 0.3 is 0 Å². The van der Waals surface area contributed by atoms with Gasteiger partial charge in [0.15, 0.2) is 0 Å². The van der Waals surface area contributed by atoms with E-state index < -0.39 is 0 Å². The van der Waals surface area contributed by atoms with E-state index in [1.807, 2.05) is 18.2 Å².